The predicted octanol–water partition coefficient (Wildman–Crippen LogP) is 1.68. The van der Waals surface area contributed by atoms with Gasteiger partial charge in [0.05, 0.1) is 0 Å². The molecular weight excluding hydrogens is 290 g/mol. The van der Waals surface area contributed by atoms with Crippen LogP contribution in [0.2, 0.25) is 0 Å². The second-order valence-electron chi connectivity index (χ2n) is 7.77. The summed E-state index contributed by atoms with van der Waals surface area (Å²) in [7, 11) is 0. The van der Waals surface area contributed by atoms with Crippen LogP contribution in [0.5, 0.6) is 0 Å². The average Bonchev–Trinajstić information content (AvgIpc) is 2.53. The smallest absolute Gasteiger partial charge is 0.225 e. The number of amides is 2. The van der Waals surface area contributed by atoms with E-state index in [9.17, 15) is 9.59 Å². The number of hydrogen-bond acceptors (Lipinski definition) is 3. The van der Waals surface area contributed by atoms with Gasteiger partial charge in [0.25, 0.3) is 0 Å². The Bertz CT molecular complexity index is 406. The van der Waals surface area contributed by atoms with Crippen molar-refractivity contribution in [2.24, 2.45) is 17.8 Å². The van der Waals surface area contributed by atoms with Gasteiger partial charge in [0.15, 0.2) is 0 Å². The molecule has 0 radical (unpaired) electrons. The van der Waals surface area contributed by atoms with E-state index >= 15 is 0 Å². The SMILES string of the molecule is CC(C)CN1CCC(C(=O)N2CCN(C(=O)C(C)C)CC2)CC1. The summed E-state index contributed by atoms with van der Waals surface area (Å²) in [6.07, 6.45) is 1.97. The molecule has 2 aliphatic heterocycles. The van der Waals surface area contributed by atoms with Gasteiger partial charge in [-0.05, 0) is 31.8 Å². The number of rotatable bonds is 4. The first-order valence-electron chi connectivity index (χ1n) is 9.18. The fourth-order valence-corrected chi connectivity index (χ4v) is 3.65. The molecule has 5 heteroatoms. The molecule has 0 aromatic carbocycles. The number of piperidine rings is 1. The van der Waals surface area contributed by atoms with E-state index in [1.54, 1.807) is 0 Å². The van der Waals surface area contributed by atoms with Gasteiger partial charge in [-0.25, -0.2) is 0 Å². The molecule has 2 heterocycles. The minimum absolute atomic E-state index is 0.0440. The quantitative estimate of drug-likeness (QED) is 0.791. The van der Waals surface area contributed by atoms with E-state index in [1.165, 1.54) is 0 Å². The zero-order chi connectivity index (χ0) is 17.0. The standard InChI is InChI=1S/C18H33N3O2/c1-14(2)13-19-7-5-16(6-8-19)18(23)21-11-9-20(10-12-21)17(22)15(3)4/h14-16H,5-13H2,1-4H3. The van der Waals surface area contributed by atoms with Crippen LogP contribution >= 0.6 is 0 Å². The molecular formula is C18H33N3O2. The fraction of sp³-hybridized carbons (Fsp3) is 0.889. The van der Waals surface area contributed by atoms with E-state index < -0.39 is 0 Å². The third-order valence-electron chi connectivity index (χ3n) is 4.96. The Labute approximate surface area is 141 Å². The van der Waals surface area contributed by atoms with Crippen LogP contribution in [0, 0.1) is 17.8 Å². The van der Waals surface area contributed by atoms with Gasteiger partial charge >= 0.3 is 0 Å². The molecule has 0 saturated carbocycles. The van der Waals surface area contributed by atoms with Crippen molar-refractivity contribution in [2.45, 2.75) is 40.5 Å². The van der Waals surface area contributed by atoms with E-state index in [-0.39, 0.29) is 17.7 Å². The third kappa shape index (κ3) is 4.93. The van der Waals surface area contributed by atoms with Crippen molar-refractivity contribution in [1.82, 2.24) is 14.7 Å². The normalized spacial score (nSPS) is 21.3. The molecule has 5 nitrogen and oxygen atoms in total. The fourth-order valence-electron chi connectivity index (χ4n) is 3.65. The van der Waals surface area contributed by atoms with Crippen molar-refractivity contribution in [1.29, 1.82) is 0 Å². The zero-order valence-electron chi connectivity index (χ0n) is 15.3. The summed E-state index contributed by atoms with van der Waals surface area (Å²) in [4.78, 5) is 31.1. The van der Waals surface area contributed by atoms with Crippen molar-refractivity contribution in [2.75, 3.05) is 45.8 Å². The Kier molecular flexibility index (Phi) is 6.45. The third-order valence-corrected chi connectivity index (χ3v) is 4.96. The van der Waals surface area contributed by atoms with Gasteiger partial charge in [-0.3, -0.25) is 9.59 Å². The Hall–Kier alpha value is -1.10. The van der Waals surface area contributed by atoms with Gasteiger partial charge in [-0.1, -0.05) is 27.7 Å². The predicted molar refractivity (Wildman–Crippen MR) is 92.0 cm³/mol. The summed E-state index contributed by atoms with van der Waals surface area (Å²) in [6, 6.07) is 0. The highest BCUT2D eigenvalue weighted by molar-refractivity contribution is 5.80. The second kappa shape index (κ2) is 8.13. The molecule has 0 bridgehead atoms. The largest absolute Gasteiger partial charge is 0.339 e. The first kappa shape index (κ1) is 18.2. The number of likely N-dealkylation sites (tertiary alicyclic amines) is 1. The van der Waals surface area contributed by atoms with E-state index in [1.807, 2.05) is 23.6 Å². The highest BCUT2D eigenvalue weighted by Crippen LogP contribution is 2.21. The number of nitrogens with zero attached hydrogens (tertiary/aromatic N) is 3. The van der Waals surface area contributed by atoms with Crippen LogP contribution in [0.15, 0.2) is 0 Å². The molecule has 2 fully saturated rings. The summed E-state index contributed by atoms with van der Waals surface area (Å²) < 4.78 is 0. The summed E-state index contributed by atoms with van der Waals surface area (Å²) >= 11 is 0. The lowest BCUT2D eigenvalue weighted by atomic mass is 9.94. The Morgan fingerprint density at radius 3 is 1.87 bits per heavy atom. The lowest BCUT2D eigenvalue weighted by Crippen LogP contribution is -2.53. The van der Waals surface area contributed by atoms with Gasteiger partial charge in [0, 0.05) is 44.6 Å². The van der Waals surface area contributed by atoms with E-state index in [2.05, 4.69) is 18.7 Å². The van der Waals surface area contributed by atoms with Gasteiger partial charge in [0.2, 0.25) is 11.8 Å². The van der Waals surface area contributed by atoms with Crippen molar-refractivity contribution >= 4 is 11.8 Å². The molecule has 0 aliphatic carbocycles. The molecule has 0 N–H and O–H groups in total. The molecule has 0 aromatic rings. The monoisotopic (exact) mass is 323 g/mol. The molecule has 23 heavy (non-hydrogen) atoms. The second-order valence-corrected chi connectivity index (χ2v) is 7.77. The number of carbonyl (C=O) groups excluding carboxylic acids is 2. The molecule has 2 saturated heterocycles. The Balaban J connectivity index is 1.76. The van der Waals surface area contributed by atoms with E-state index in [0.29, 0.717) is 38.0 Å². The maximum absolute atomic E-state index is 12.7. The highest BCUT2D eigenvalue weighted by atomic mass is 16.2. The Morgan fingerprint density at radius 1 is 0.870 bits per heavy atom. The van der Waals surface area contributed by atoms with Gasteiger partial charge < -0.3 is 14.7 Å². The van der Waals surface area contributed by atoms with Crippen LogP contribution < -0.4 is 0 Å². The zero-order valence-corrected chi connectivity index (χ0v) is 15.3. The van der Waals surface area contributed by atoms with Crippen LogP contribution in [0.1, 0.15) is 40.5 Å². The van der Waals surface area contributed by atoms with Gasteiger partial charge in [-0.15, -0.1) is 0 Å². The van der Waals surface area contributed by atoms with Gasteiger partial charge in [0.1, 0.15) is 0 Å². The number of piperazine rings is 1. The minimum atomic E-state index is 0.0440. The van der Waals surface area contributed by atoms with E-state index in [0.717, 1.165) is 32.5 Å². The highest BCUT2D eigenvalue weighted by Gasteiger charge is 2.31. The first-order chi connectivity index (χ1) is 10.9. The molecule has 0 atom stereocenters. The van der Waals surface area contributed by atoms with Crippen molar-refractivity contribution in [3.05, 3.63) is 0 Å². The molecule has 0 unspecified atom stereocenters. The summed E-state index contributed by atoms with van der Waals surface area (Å²) in [5.41, 5.74) is 0. The molecule has 132 valence electrons. The van der Waals surface area contributed by atoms with Crippen LogP contribution in [0.4, 0.5) is 0 Å². The molecule has 2 rings (SSSR count). The topological polar surface area (TPSA) is 43.9 Å². The molecule has 2 aliphatic rings. The summed E-state index contributed by atoms with van der Waals surface area (Å²) in [6.45, 7) is 14.4. The Morgan fingerprint density at radius 2 is 1.39 bits per heavy atom. The maximum Gasteiger partial charge on any atom is 0.225 e. The van der Waals surface area contributed by atoms with Crippen LogP contribution in [-0.4, -0.2) is 72.3 Å². The summed E-state index contributed by atoms with van der Waals surface area (Å²) in [5.74, 6) is 1.44. The number of hydrogen-bond donors (Lipinski definition) is 0. The van der Waals surface area contributed by atoms with E-state index in [4.69, 9.17) is 0 Å². The molecule has 0 aromatic heterocycles. The number of carbonyl (C=O) groups is 2. The average molecular weight is 323 g/mol. The van der Waals surface area contributed by atoms with Crippen molar-refractivity contribution in [3.8, 4) is 0 Å². The van der Waals surface area contributed by atoms with Crippen LogP contribution in [0.25, 0.3) is 0 Å². The lowest BCUT2D eigenvalue weighted by Gasteiger charge is -2.39. The van der Waals surface area contributed by atoms with Gasteiger partial charge in [-0.2, -0.15) is 0 Å². The van der Waals surface area contributed by atoms with Crippen LogP contribution in [-0.2, 0) is 9.59 Å². The van der Waals surface area contributed by atoms with Crippen molar-refractivity contribution in [3.63, 3.8) is 0 Å². The minimum Gasteiger partial charge on any atom is -0.339 e. The summed E-state index contributed by atoms with van der Waals surface area (Å²) in [5, 5.41) is 0. The van der Waals surface area contributed by atoms with Crippen LogP contribution in [0.3, 0.4) is 0 Å². The molecule has 0 spiro atoms. The molecule has 2 amide bonds. The maximum atomic E-state index is 12.7. The lowest BCUT2D eigenvalue weighted by molar-refractivity contribution is -0.144. The first-order valence-corrected chi connectivity index (χ1v) is 9.18. The van der Waals surface area contributed by atoms with Crippen molar-refractivity contribution < 1.29 is 9.59 Å².